The van der Waals surface area contributed by atoms with Gasteiger partial charge in [-0.15, -0.1) is 0 Å². The van der Waals surface area contributed by atoms with E-state index in [4.69, 9.17) is 14.7 Å². The number of nitrogens with one attached hydrogen (secondary N) is 1. The molecule has 0 aliphatic rings. The predicted octanol–water partition coefficient (Wildman–Crippen LogP) is 2.72. The number of nitrogens with zero attached hydrogens (tertiary/aromatic N) is 1. The maximum absolute atomic E-state index is 9.02. The Morgan fingerprint density at radius 3 is 2.80 bits per heavy atom. The monoisotopic (exact) mass is 276 g/mol. The van der Waals surface area contributed by atoms with Gasteiger partial charge in [-0.1, -0.05) is 19.9 Å². The molecular formula is C16H24N2O2. The Bertz CT molecular complexity index is 439. The van der Waals surface area contributed by atoms with Crippen LogP contribution in [-0.4, -0.2) is 26.9 Å². The molecule has 0 atom stereocenters. The lowest BCUT2D eigenvalue weighted by atomic mass is 10.1. The van der Waals surface area contributed by atoms with Crippen molar-refractivity contribution >= 4 is 0 Å². The molecule has 1 N–H and O–H groups in total. The van der Waals surface area contributed by atoms with Crippen LogP contribution in [0.2, 0.25) is 0 Å². The van der Waals surface area contributed by atoms with E-state index in [1.807, 2.05) is 18.2 Å². The number of nitriles is 1. The maximum Gasteiger partial charge on any atom is 0.136 e. The van der Waals surface area contributed by atoms with Gasteiger partial charge < -0.3 is 14.8 Å². The Kier molecular flexibility index (Phi) is 7.71. The van der Waals surface area contributed by atoms with Crippen LogP contribution in [0.4, 0.5) is 0 Å². The topological polar surface area (TPSA) is 54.3 Å². The minimum absolute atomic E-state index is 0.576. The van der Waals surface area contributed by atoms with E-state index in [2.05, 4.69) is 25.2 Å². The summed E-state index contributed by atoms with van der Waals surface area (Å²) in [5, 5.41) is 12.4. The quantitative estimate of drug-likeness (QED) is 0.705. The Labute approximate surface area is 121 Å². The first-order chi connectivity index (χ1) is 9.67. The molecule has 0 fully saturated rings. The van der Waals surface area contributed by atoms with E-state index in [1.165, 1.54) is 0 Å². The van der Waals surface area contributed by atoms with Gasteiger partial charge in [0.1, 0.15) is 11.8 Å². The Balaban J connectivity index is 2.24. The summed E-state index contributed by atoms with van der Waals surface area (Å²) in [6.45, 7) is 7.57. The molecule has 110 valence electrons. The second-order valence-corrected chi connectivity index (χ2v) is 5.15. The van der Waals surface area contributed by atoms with Gasteiger partial charge >= 0.3 is 0 Å². The van der Waals surface area contributed by atoms with E-state index in [1.54, 1.807) is 7.11 Å². The second-order valence-electron chi connectivity index (χ2n) is 5.15. The molecule has 0 spiro atoms. The van der Waals surface area contributed by atoms with E-state index in [-0.39, 0.29) is 0 Å². The third-order valence-corrected chi connectivity index (χ3v) is 2.81. The van der Waals surface area contributed by atoms with Crippen LogP contribution in [0.3, 0.4) is 0 Å². The minimum atomic E-state index is 0.576. The normalized spacial score (nSPS) is 10.6. The SMILES string of the molecule is COc1ccc(CNCCCOCC(C)C)cc1C#N. The highest BCUT2D eigenvalue weighted by Gasteiger charge is 2.03. The van der Waals surface area contributed by atoms with Gasteiger partial charge in [0.15, 0.2) is 0 Å². The lowest BCUT2D eigenvalue weighted by Crippen LogP contribution is -2.17. The first-order valence-electron chi connectivity index (χ1n) is 7.02. The van der Waals surface area contributed by atoms with Gasteiger partial charge in [0, 0.05) is 19.8 Å². The third-order valence-electron chi connectivity index (χ3n) is 2.81. The number of ether oxygens (including phenoxy) is 2. The lowest BCUT2D eigenvalue weighted by molar-refractivity contribution is 0.108. The summed E-state index contributed by atoms with van der Waals surface area (Å²) in [6.07, 6.45) is 0.994. The lowest BCUT2D eigenvalue weighted by Gasteiger charge is -2.09. The fraction of sp³-hybridized carbons (Fsp3) is 0.562. The molecule has 1 rings (SSSR count). The molecular weight excluding hydrogens is 252 g/mol. The number of hydrogen-bond donors (Lipinski definition) is 1. The molecule has 0 amide bonds. The van der Waals surface area contributed by atoms with Crippen molar-refractivity contribution in [3.8, 4) is 11.8 Å². The zero-order valence-electron chi connectivity index (χ0n) is 12.6. The van der Waals surface area contributed by atoms with Crippen LogP contribution in [0.15, 0.2) is 18.2 Å². The van der Waals surface area contributed by atoms with Crippen LogP contribution in [0.5, 0.6) is 5.75 Å². The highest BCUT2D eigenvalue weighted by Crippen LogP contribution is 2.18. The molecule has 0 aliphatic heterocycles. The summed E-state index contributed by atoms with van der Waals surface area (Å²) in [7, 11) is 1.57. The van der Waals surface area contributed by atoms with Crippen molar-refractivity contribution in [2.45, 2.75) is 26.8 Å². The molecule has 0 aromatic heterocycles. The van der Waals surface area contributed by atoms with Gasteiger partial charge in [-0.25, -0.2) is 0 Å². The van der Waals surface area contributed by atoms with Crippen molar-refractivity contribution < 1.29 is 9.47 Å². The highest BCUT2D eigenvalue weighted by atomic mass is 16.5. The molecule has 4 nitrogen and oxygen atoms in total. The summed E-state index contributed by atoms with van der Waals surface area (Å²) in [5.74, 6) is 1.21. The summed E-state index contributed by atoms with van der Waals surface area (Å²) >= 11 is 0. The van der Waals surface area contributed by atoms with E-state index in [0.717, 1.165) is 38.3 Å². The summed E-state index contributed by atoms with van der Waals surface area (Å²) in [6, 6.07) is 7.81. The maximum atomic E-state index is 9.02. The van der Waals surface area contributed by atoms with Crippen molar-refractivity contribution in [2.24, 2.45) is 5.92 Å². The van der Waals surface area contributed by atoms with Crippen LogP contribution >= 0.6 is 0 Å². The molecule has 1 aromatic carbocycles. The van der Waals surface area contributed by atoms with Crippen molar-refractivity contribution in [2.75, 3.05) is 26.9 Å². The average Bonchev–Trinajstić information content (AvgIpc) is 2.45. The summed E-state index contributed by atoms with van der Waals surface area (Å²) in [4.78, 5) is 0. The van der Waals surface area contributed by atoms with Gasteiger partial charge in [-0.3, -0.25) is 0 Å². The molecule has 1 aromatic rings. The van der Waals surface area contributed by atoms with Crippen molar-refractivity contribution in [1.82, 2.24) is 5.32 Å². The van der Waals surface area contributed by atoms with E-state index >= 15 is 0 Å². The molecule has 0 saturated carbocycles. The molecule has 4 heteroatoms. The molecule has 0 aliphatic carbocycles. The summed E-state index contributed by atoms with van der Waals surface area (Å²) < 4.78 is 10.6. The third kappa shape index (κ3) is 6.05. The average molecular weight is 276 g/mol. The zero-order chi connectivity index (χ0) is 14.8. The van der Waals surface area contributed by atoms with Crippen LogP contribution in [0.1, 0.15) is 31.4 Å². The van der Waals surface area contributed by atoms with Crippen LogP contribution in [-0.2, 0) is 11.3 Å². The fourth-order valence-electron chi connectivity index (χ4n) is 1.80. The second kappa shape index (κ2) is 9.35. The highest BCUT2D eigenvalue weighted by molar-refractivity contribution is 5.45. The fourth-order valence-corrected chi connectivity index (χ4v) is 1.80. The minimum Gasteiger partial charge on any atom is -0.495 e. The molecule has 20 heavy (non-hydrogen) atoms. The molecule has 0 bridgehead atoms. The largest absolute Gasteiger partial charge is 0.495 e. The first-order valence-corrected chi connectivity index (χ1v) is 7.02. The van der Waals surface area contributed by atoms with E-state index in [9.17, 15) is 0 Å². The zero-order valence-corrected chi connectivity index (χ0v) is 12.6. The number of rotatable bonds is 9. The van der Waals surface area contributed by atoms with Gasteiger partial charge in [-0.2, -0.15) is 5.26 Å². The van der Waals surface area contributed by atoms with Crippen LogP contribution in [0.25, 0.3) is 0 Å². The van der Waals surface area contributed by atoms with Gasteiger partial charge in [0.25, 0.3) is 0 Å². The molecule has 0 saturated heterocycles. The Hall–Kier alpha value is -1.57. The van der Waals surface area contributed by atoms with E-state index in [0.29, 0.717) is 17.2 Å². The van der Waals surface area contributed by atoms with Crippen molar-refractivity contribution in [3.05, 3.63) is 29.3 Å². The number of benzene rings is 1. The predicted molar refractivity (Wildman–Crippen MR) is 79.7 cm³/mol. The van der Waals surface area contributed by atoms with Crippen LogP contribution in [0, 0.1) is 17.2 Å². The standard InChI is InChI=1S/C16H24N2O2/c1-13(2)12-20-8-4-7-18-11-14-5-6-16(19-3)15(9-14)10-17/h5-6,9,13,18H,4,7-8,11-12H2,1-3H3. The van der Waals surface area contributed by atoms with Crippen molar-refractivity contribution in [1.29, 1.82) is 5.26 Å². The molecule has 0 heterocycles. The Morgan fingerprint density at radius 2 is 2.15 bits per heavy atom. The number of hydrogen-bond acceptors (Lipinski definition) is 4. The number of methoxy groups -OCH3 is 1. The van der Waals surface area contributed by atoms with Gasteiger partial charge in [0.2, 0.25) is 0 Å². The molecule has 0 unspecified atom stereocenters. The smallest absolute Gasteiger partial charge is 0.136 e. The van der Waals surface area contributed by atoms with Gasteiger partial charge in [-0.05, 0) is 36.6 Å². The van der Waals surface area contributed by atoms with Crippen LogP contribution < -0.4 is 10.1 Å². The van der Waals surface area contributed by atoms with E-state index < -0.39 is 0 Å². The molecule has 0 radical (unpaired) electrons. The summed E-state index contributed by atoms with van der Waals surface area (Å²) in [5.41, 5.74) is 1.66. The first kappa shape index (κ1) is 16.5. The Morgan fingerprint density at radius 1 is 1.35 bits per heavy atom. The van der Waals surface area contributed by atoms with Gasteiger partial charge in [0.05, 0.1) is 12.7 Å². The van der Waals surface area contributed by atoms with Crippen molar-refractivity contribution in [3.63, 3.8) is 0 Å².